The molecule has 150 valence electrons. The van der Waals surface area contributed by atoms with E-state index in [1.165, 1.54) is 0 Å². The maximum atomic E-state index is 11.7. The molecule has 4 heteroatoms. The van der Waals surface area contributed by atoms with Crippen LogP contribution in [0.2, 0.25) is 0 Å². The lowest BCUT2D eigenvalue weighted by Gasteiger charge is -2.09. The van der Waals surface area contributed by atoms with Gasteiger partial charge in [-0.15, -0.1) is 0 Å². The summed E-state index contributed by atoms with van der Waals surface area (Å²) in [6.45, 7) is 4.67. The summed E-state index contributed by atoms with van der Waals surface area (Å²) in [6, 6.07) is 15.9. The molecule has 0 saturated carbocycles. The van der Waals surface area contributed by atoms with Gasteiger partial charge in [0, 0.05) is 12.8 Å². The summed E-state index contributed by atoms with van der Waals surface area (Å²) in [5.74, 6) is -0.307. The van der Waals surface area contributed by atoms with Gasteiger partial charge in [0.2, 0.25) is 0 Å². The Kier molecular flexibility index (Phi) is 9.26. The molecule has 0 amide bonds. The molecule has 0 saturated heterocycles. The highest BCUT2D eigenvalue weighted by Crippen LogP contribution is 2.22. The van der Waals surface area contributed by atoms with Gasteiger partial charge in [0.05, 0.1) is 0 Å². The fraction of sp³-hybridized carbons (Fsp3) is 0.417. The quantitative estimate of drug-likeness (QED) is 0.460. The van der Waals surface area contributed by atoms with Gasteiger partial charge in [-0.25, -0.2) is 0 Å². The van der Waals surface area contributed by atoms with E-state index in [-0.39, 0.29) is 25.2 Å². The van der Waals surface area contributed by atoms with Crippen molar-refractivity contribution in [2.45, 2.75) is 65.6 Å². The molecule has 28 heavy (non-hydrogen) atoms. The highest BCUT2D eigenvalue weighted by molar-refractivity contribution is 5.70. The Morgan fingerprint density at radius 2 is 1.14 bits per heavy atom. The Morgan fingerprint density at radius 1 is 0.714 bits per heavy atom. The van der Waals surface area contributed by atoms with E-state index in [4.69, 9.17) is 9.47 Å². The molecule has 0 aliphatic rings. The van der Waals surface area contributed by atoms with Crippen LogP contribution in [0.5, 0.6) is 0 Å². The summed E-state index contributed by atoms with van der Waals surface area (Å²) >= 11 is 0. The monoisotopic (exact) mass is 382 g/mol. The fourth-order valence-electron chi connectivity index (χ4n) is 2.80. The van der Waals surface area contributed by atoms with E-state index >= 15 is 0 Å². The molecule has 0 spiro atoms. The number of ether oxygens (including phenoxy) is 2. The van der Waals surface area contributed by atoms with Gasteiger partial charge in [-0.1, -0.05) is 63.1 Å². The highest BCUT2D eigenvalue weighted by atomic mass is 16.5. The van der Waals surface area contributed by atoms with Crippen LogP contribution in [0, 0.1) is 0 Å². The van der Waals surface area contributed by atoms with E-state index in [2.05, 4.69) is 13.8 Å². The number of rotatable bonds is 11. The molecular weight excluding hydrogens is 352 g/mol. The smallest absolute Gasteiger partial charge is 0.306 e. The van der Waals surface area contributed by atoms with Crippen LogP contribution in [-0.4, -0.2) is 11.9 Å². The lowest BCUT2D eigenvalue weighted by Crippen LogP contribution is -2.04. The zero-order chi connectivity index (χ0) is 20.2. The average Bonchev–Trinajstić information content (AvgIpc) is 2.73. The molecule has 0 heterocycles. The van der Waals surface area contributed by atoms with Crippen molar-refractivity contribution in [2.75, 3.05) is 0 Å². The summed E-state index contributed by atoms with van der Waals surface area (Å²) in [5, 5.41) is 0. The van der Waals surface area contributed by atoms with Crippen molar-refractivity contribution in [3.05, 3.63) is 59.7 Å². The predicted octanol–water partition coefficient (Wildman–Crippen LogP) is 5.82. The van der Waals surface area contributed by atoms with E-state index in [0.29, 0.717) is 12.8 Å². The zero-order valence-electron chi connectivity index (χ0n) is 16.9. The zero-order valence-corrected chi connectivity index (χ0v) is 16.9. The molecule has 2 aromatic rings. The third-order valence-corrected chi connectivity index (χ3v) is 4.46. The first-order chi connectivity index (χ1) is 13.6. The molecule has 2 rings (SSSR count). The predicted molar refractivity (Wildman–Crippen MR) is 111 cm³/mol. The maximum absolute atomic E-state index is 11.7. The summed E-state index contributed by atoms with van der Waals surface area (Å²) in [4.78, 5) is 23.4. The number of hydrogen-bond donors (Lipinski definition) is 0. The number of unbranched alkanes of at least 4 members (excludes halogenated alkanes) is 2. The molecule has 0 aromatic heterocycles. The van der Waals surface area contributed by atoms with Crippen LogP contribution in [0.4, 0.5) is 0 Å². The molecule has 0 N–H and O–H groups in total. The molecule has 0 aliphatic heterocycles. The normalized spacial score (nSPS) is 10.5. The number of hydrogen-bond acceptors (Lipinski definition) is 4. The second-order valence-corrected chi connectivity index (χ2v) is 6.93. The van der Waals surface area contributed by atoms with Crippen LogP contribution < -0.4 is 0 Å². The van der Waals surface area contributed by atoms with E-state index < -0.39 is 0 Å². The molecule has 0 aliphatic carbocycles. The average molecular weight is 383 g/mol. The largest absolute Gasteiger partial charge is 0.461 e. The van der Waals surface area contributed by atoms with Crippen molar-refractivity contribution in [2.24, 2.45) is 0 Å². The van der Waals surface area contributed by atoms with Crippen molar-refractivity contribution in [1.29, 1.82) is 0 Å². The number of carbonyl (C=O) groups is 2. The lowest BCUT2D eigenvalue weighted by atomic mass is 10.0. The Bertz CT molecular complexity index is 701. The minimum absolute atomic E-state index is 0.154. The van der Waals surface area contributed by atoms with Gasteiger partial charge < -0.3 is 9.47 Å². The van der Waals surface area contributed by atoms with Crippen molar-refractivity contribution in [1.82, 2.24) is 0 Å². The van der Waals surface area contributed by atoms with Gasteiger partial charge in [0.15, 0.2) is 0 Å². The Hall–Kier alpha value is -2.62. The van der Waals surface area contributed by atoms with Gasteiger partial charge >= 0.3 is 11.9 Å². The maximum Gasteiger partial charge on any atom is 0.306 e. The van der Waals surface area contributed by atoms with Crippen LogP contribution in [0.1, 0.15) is 63.5 Å². The summed E-state index contributed by atoms with van der Waals surface area (Å²) in [5.41, 5.74) is 4.00. The van der Waals surface area contributed by atoms with Crippen LogP contribution in [0.25, 0.3) is 11.1 Å². The number of carbonyl (C=O) groups excluding carboxylic acids is 2. The van der Waals surface area contributed by atoms with Crippen molar-refractivity contribution in [3.63, 3.8) is 0 Å². The third-order valence-electron chi connectivity index (χ3n) is 4.46. The van der Waals surface area contributed by atoms with Crippen LogP contribution >= 0.6 is 0 Å². The summed E-state index contributed by atoms with van der Waals surface area (Å²) in [7, 11) is 0. The van der Waals surface area contributed by atoms with Crippen molar-refractivity contribution in [3.8, 4) is 11.1 Å². The third kappa shape index (κ3) is 7.55. The standard InChI is InChI=1S/C24H30O4/c1-3-5-13-23(25)27-17-19-9-7-11-21(15-19)22-12-8-10-20(16-22)18-28-24(26)14-6-4-2/h7-12,15-16H,3-6,13-14,17-18H2,1-2H3. The minimum atomic E-state index is -0.154. The first kappa shape index (κ1) is 21.7. The van der Waals surface area contributed by atoms with Crippen LogP contribution in [0.15, 0.2) is 48.5 Å². The van der Waals surface area contributed by atoms with Gasteiger partial charge in [-0.3, -0.25) is 9.59 Å². The van der Waals surface area contributed by atoms with E-state index in [9.17, 15) is 9.59 Å². The van der Waals surface area contributed by atoms with Gasteiger partial charge in [-0.05, 0) is 47.2 Å². The summed E-state index contributed by atoms with van der Waals surface area (Å²) in [6.07, 6.45) is 4.61. The Labute approximate surface area is 167 Å². The van der Waals surface area contributed by atoms with Crippen LogP contribution in [-0.2, 0) is 32.3 Å². The highest BCUT2D eigenvalue weighted by Gasteiger charge is 2.06. The molecule has 0 radical (unpaired) electrons. The molecule has 0 atom stereocenters. The van der Waals surface area contributed by atoms with Gasteiger partial charge in [0.1, 0.15) is 13.2 Å². The molecule has 0 unspecified atom stereocenters. The Balaban J connectivity index is 1.97. The van der Waals surface area contributed by atoms with Gasteiger partial charge in [-0.2, -0.15) is 0 Å². The van der Waals surface area contributed by atoms with E-state index in [1.54, 1.807) is 0 Å². The van der Waals surface area contributed by atoms with Crippen LogP contribution in [0.3, 0.4) is 0 Å². The SMILES string of the molecule is CCCCC(=O)OCc1cccc(-c2cccc(COC(=O)CCCC)c2)c1. The molecule has 4 nitrogen and oxygen atoms in total. The Morgan fingerprint density at radius 3 is 1.54 bits per heavy atom. The van der Waals surface area contributed by atoms with E-state index in [0.717, 1.165) is 47.9 Å². The topological polar surface area (TPSA) is 52.6 Å². The number of esters is 2. The number of benzene rings is 2. The molecule has 0 bridgehead atoms. The first-order valence-electron chi connectivity index (χ1n) is 10.1. The van der Waals surface area contributed by atoms with Crippen molar-refractivity contribution < 1.29 is 19.1 Å². The lowest BCUT2D eigenvalue weighted by molar-refractivity contribution is -0.146. The van der Waals surface area contributed by atoms with Gasteiger partial charge in [0.25, 0.3) is 0 Å². The minimum Gasteiger partial charge on any atom is -0.461 e. The molecule has 2 aromatic carbocycles. The fourth-order valence-corrected chi connectivity index (χ4v) is 2.80. The van der Waals surface area contributed by atoms with E-state index in [1.807, 2.05) is 48.5 Å². The summed E-state index contributed by atoms with van der Waals surface area (Å²) < 4.78 is 10.7. The molecule has 0 fully saturated rings. The van der Waals surface area contributed by atoms with Crippen molar-refractivity contribution >= 4 is 11.9 Å². The second-order valence-electron chi connectivity index (χ2n) is 6.93. The first-order valence-corrected chi connectivity index (χ1v) is 10.1. The second kappa shape index (κ2) is 12.0. The molecular formula is C24H30O4.